The highest BCUT2D eigenvalue weighted by Crippen LogP contribution is 2.16. The molecule has 5 nitrogen and oxygen atoms in total. The monoisotopic (exact) mass is 271 g/mol. The van der Waals surface area contributed by atoms with Crippen LogP contribution in [0.3, 0.4) is 0 Å². The summed E-state index contributed by atoms with van der Waals surface area (Å²) in [6, 6.07) is 0. The zero-order valence-corrected chi connectivity index (χ0v) is 12.3. The average molecular weight is 271 g/mol. The first kappa shape index (κ1) is 16.0. The number of rotatable bonds is 6. The van der Waals surface area contributed by atoms with E-state index in [1.807, 2.05) is 13.8 Å². The smallest absolute Gasteiger partial charge is 0.310 e. The van der Waals surface area contributed by atoms with Gasteiger partial charge in [0.15, 0.2) is 0 Å². The van der Waals surface area contributed by atoms with Gasteiger partial charge in [-0.3, -0.25) is 9.59 Å². The van der Waals surface area contributed by atoms with E-state index < -0.39 is 0 Å². The molecule has 1 fully saturated rings. The van der Waals surface area contributed by atoms with Crippen LogP contribution in [-0.4, -0.2) is 49.7 Å². The largest absolute Gasteiger partial charge is 0.469 e. The maximum atomic E-state index is 12.2. The first-order valence-electron chi connectivity index (χ1n) is 6.94. The molecule has 2 unspecified atom stereocenters. The Morgan fingerprint density at radius 1 is 1.37 bits per heavy atom. The molecule has 0 N–H and O–H groups in total. The van der Waals surface area contributed by atoms with Gasteiger partial charge in [-0.15, -0.1) is 0 Å². The normalized spacial score (nSPS) is 20.4. The third-order valence-corrected chi connectivity index (χ3v) is 3.35. The molecule has 0 aromatic carbocycles. The van der Waals surface area contributed by atoms with Crippen molar-refractivity contribution < 1.29 is 19.1 Å². The van der Waals surface area contributed by atoms with E-state index >= 15 is 0 Å². The van der Waals surface area contributed by atoms with Crippen molar-refractivity contribution in [1.82, 2.24) is 4.90 Å². The van der Waals surface area contributed by atoms with Crippen LogP contribution in [0.15, 0.2) is 0 Å². The molecule has 19 heavy (non-hydrogen) atoms. The molecule has 1 aliphatic rings. The van der Waals surface area contributed by atoms with Crippen LogP contribution in [0, 0.1) is 11.8 Å². The van der Waals surface area contributed by atoms with Crippen molar-refractivity contribution in [2.75, 3.05) is 26.8 Å². The standard InChI is InChI=1S/C14H25NO4/c1-10(2)13(16)15(8-11(3)14(17)18-4)9-12-6-5-7-19-12/h10-12H,5-9H2,1-4H3. The summed E-state index contributed by atoms with van der Waals surface area (Å²) < 4.78 is 10.3. The van der Waals surface area contributed by atoms with Crippen LogP contribution in [0.2, 0.25) is 0 Å². The number of nitrogens with zero attached hydrogens (tertiary/aromatic N) is 1. The van der Waals surface area contributed by atoms with E-state index in [2.05, 4.69) is 0 Å². The van der Waals surface area contributed by atoms with Gasteiger partial charge in [0.2, 0.25) is 5.91 Å². The van der Waals surface area contributed by atoms with Crippen LogP contribution in [0.25, 0.3) is 0 Å². The molecule has 0 aromatic rings. The fourth-order valence-electron chi connectivity index (χ4n) is 2.26. The van der Waals surface area contributed by atoms with E-state index in [4.69, 9.17) is 9.47 Å². The molecule has 1 amide bonds. The Morgan fingerprint density at radius 2 is 2.05 bits per heavy atom. The second kappa shape index (κ2) is 7.48. The van der Waals surface area contributed by atoms with Gasteiger partial charge in [0, 0.05) is 25.6 Å². The third-order valence-electron chi connectivity index (χ3n) is 3.35. The van der Waals surface area contributed by atoms with E-state index in [1.165, 1.54) is 7.11 Å². The zero-order valence-electron chi connectivity index (χ0n) is 12.3. The van der Waals surface area contributed by atoms with Gasteiger partial charge in [0.25, 0.3) is 0 Å². The molecule has 0 saturated carbocycles. The van der Waals surface area contributed by atoms with Gasteiger partial charge < -0.3 is 14.4 Å². The molecule has 0 radical (unpaired) electrons. The molecular formula is C14H25NO4. The van der Waals surface area contributed by atoms with Gasteiger partial charge in [-0.05, 0) is 12.8 Å². The zero-order chi connectivity index (χ0) is 14.4. The van der Waals surface area contributed by atoms with E-state index in [1.54, 1.807) is 11.8 Å². The van der Waals surface area contributed by atoms with Gasteiger partial charge in [-0.2, -0.15) is 0 Å². The van der Waals surface area contributed by atoms with E-state index in [9.17, 15) is 9.59 Å². The molecular weight excluding hydrogens is 246 g/mol. The highest BCUT2D eigenvalue weighted by molar-refractivity contribution is 5.79. The van der Waals surface area contributed by atoms with Crippen LogP contribution in [0.1, 0.15) is 33.6 Å². The van der Waals surface area contributed by atoms with E-state index in [-0.39, 0.29) is 29.8 Å². The molecule has 1 heterocycles. The van der Waals surface area contributed by atoms with Crippen LogP contribution in [-0.2, 0) is 19.1 Å². The molecule has 110 valence electrons. The number of hydrogen-bond donors (Lipinski definition) is 0. The third kappa shape index (κ3) is 4.82. The van der Waals surface area contributed by atoms with Gasteiger partial charge >= 0.3 is 5.97 Å². The summed E-state index contributed by atoms with van der Waals surface area (Å²) >= 11 is 0. The predicted molar refractivity (Wildman–Crippen MR) is 71.6 cm³/mol. The maximum absolute atomic E-state index is 12.2. The Morgan fingerprint density at radius 3 is 2.53 bits per heavy atom. The van der Waals surface area contributed by atoms with Crippen LogP contribution < -0.4 is 0 Å². The first-order valence-corrected chi connectivity index (χ1v) is 6.94. The SMILES string of the molecule is COC(=O)C(C)CN(CC1CCCO1)C(=O)C(C)C. The lowest BCUT2D eigenvalue weighted by Gasteiger charge is -2.28. The molecule has 1 rings (SSSR count). The summed E-state index contributed by atoms with van der Waals surface area (Å²) in [7, 11) is 1.37. The molecule has 1 aliphatic heterocycles. The van der Waals surface area contributed by atoms with E-state index in [0.29, 0.717) is 13.1 Å². The van der Waals surface area contributed by atoms with Crippen molar-refractivity contribution in [3.05, 3.63) is 0 Å². The predicted octanol–water partition coefficient (Wildman–Crippen LogP) is 1.46. The van der Waals surface area contributed by atoms with Gasteiger partial charge in [0.1, 0.15) is 0 Å². The molecule has 0 bridgehead atoms. The summed E-state index contributed by atoms with van der Waals surface area (Å²) in [6.07, 6.45) is 2.13. The first-order chi connectivity index (χ1) is 8.95. The fraction of sp³-hybridized carbons (Fsp3) is 0.857. The molecule has 2 atom stereocenters. The molecule has 1 saturated heterocycles. The number of amides is 1. The van der Waals surface area contributed by atoms with Crippen molar-refractivity contribution in [1.29, 1.82) is 0 Å². The highest BCUT2D eigenvalue weighted by atomic mass is 16.5. The second-order valence-corrected chi connectivity index (χ2v) is 5.46. The Bertz CT molecular complexity index is 311. The van der Waals surface area contributed by atoms with Crippen molar-refractivity contribution in [3.63, 3.8) is 0 Å². The number of esters is 1. The number of ether oxygens (including phenoxy) is 2. The number of methoxy groups -OCH3 is 1. The quantitative estimate of drug-likeness (QED) is 0.686. The minimum absolute atomic E-state index is 0.0613. The molecule has 0 aromatic heterocycles. The van der Waals surface area contributed by atoms with Gasteiger partial charge in [-0.25, -0.2) is 0 Å². The topological polar surface area (TPSA) is 55.8 Å². The van der Waals surface area contributed by atoms with Crippen molar-refractivity contribution in [3.8, 4) is 0 Å². The Labute approximate surface area is 115 Å². The molecule has 5 heteroatoms. The lowest BCUT2D eigenvalue weighted by atomic mass is 10.1. The van der Waals surface area contributed by atoms with Crippen LogP contribution in [0.4, 0.5) is 0 Å². The minimum Gasteiger partial charge on any atom is -0.469 e. The fourth-order valence-corrected chi connectivity index (χ4v) is 2.26. The minimum atomic E-state index is -0.311. The van der Waals surface area contributed by atoms with Crippen molar-refractivity contribution >= 4 is 11.9 Å². The Hall–Kier alpha value is -1.10. The highest BCUT2D eigenvalue weighted by Gasteiger charge is 2.27. The number of carbonyl (C=O) groups is 2. The van der Waals surface area contributed by atoms with Crippen molar-refractivity contribution in [2.45, 2.75) is 39.7 Å². The van der Waals surface area contributed by atoms with Gasteiger partial charge in [-0.1, -0.05) is 20.8 Å². The molecule has 0 spiro atoms. The lowest BCUT2D eigenvalue weighted by Crippen LogP contribution is -2.43. The lowest BCUT2D eigenvalue weighted by molar-refractivity contribution is -0.147. The summed E-state index contributed by atoms with van der Waals surface area (Å²) in [6.45, 7) is 7.24. The second-order valence-electron chi connectivity index (χ2n) is 5.46. The van der Waals surface area contributed by atoms with Crippen LogP contribution in [0.5, 0.6) is 0 Å². The van der Waals surface area contributed by atoms with E-state index in [0.717, 1.165) is 19.4 Å². The number of carbonyl (C=O) groups excluding carboxylic acids is 2. The number of hydrogen-bond acceptors (Lipinski definition) is 4. The summed E-state index contributed by atoms with van der Waals surface area (Å²) in [5.74, 6) is -0.611. The summed E-state index contributed by atoms with van der Waals surface area (Å²) in [5, 5.41) is 0. The summed E-state index contributed by atoms with van der Waals surface area (Å²) in [5.41, 5.74) is 0. The van der Waals surface area contributed by atoms with Gasteiger partial charge in [0.05, 0.1) is 19.1 Å². The Kier molecular flexibility index (Phi) is 6.28. The molecule has 0 aliphatic carbocycles. The van der Waals surface area contributed by atoms with Crippen LogP contribution >= 0.6 is 0 Å². The maximum Gasteiger partial charge on any atom is 0.310 e. The van der Waals surface area contributed by atoms with Crippen molar-refractivity contribution in [2.24, 2.45) is 11.8 Å². The average Bonchev–Trinajstić information content (AvgIpc) is 2.88. The Balaban J connectivity index is 2.62. The summed E-state index contributed by atoms with van der Waals surface area (Å²) in [4.78, 5) is 25.4.